The Morgan fingerprint density at radius 3 is 2.46 bits per heavy atom. The van der Waals surface area contributed by atoms with Crippen LogP contribution in [-0.4, -0.2) is 5.91 Å². The Morgan fingerprint density at radius 1 is 0.962 bits per heavy atom. The Labute approximate surface area is 154 Å². The molecule has 0 fully saturated rings. The van der Waals surface area contributed by atoms with Gasteiger partial charge in [0.05, 0.1) is 10.8 Å². The Bertz CT molecular complexity index is 1210. The summed E-state index contributed by atoms with van der Waals surface area (Å²) in [7, 11) is 0. The van der Waals surface area contributed by atoms with Crippen LogP contribution in [0.1, 0.15) is 15.9 Å². The van der Waals surface area contributed by atoms with Gasteiger partial charge < -0.3 is 9.73 Å². The lowest BCUT2D eigenvalue weighted by molar-refractivity contribution is 0.102. The maximum Gasteiger partial charge on any atom is 0.255 e. The van der Waals surface area contributed by atoms with Gasteiger partial charge in [-0.1, -0.05) is 29.8 Å². The highest BCUT2D eigenvalue weighted by Crippen LogP contribution is 2.26. The fourth-order valence-electron chi connectivity index (χ4n) is 2.85. The van der Waals surface area contributed by atoms with E-state index in [1.54, 1.807) is 54.6 Å². The molecule has 4 nitrogen and oxygen atoms in total. The molecule has 4 aromatic rings. The molecule has 0 bridgehead atoms. The number of benzene rings is 3. The largest absolute Gasteiger partial charge is 0.456 e. The van der Waals surface area contributed by atoms with Crippen LogP contribution in [-0.2, 0) is 0 Å². The molecule has 0 saturated heterocycles. The van der Waals surface area contributed by atoms with Crippen molar-refractivity contribution >= 4 is 45.1 Å². The van der Waals surface area contributed by atoms with Crippen LogP contribution in [0.5, 0.6) is 0 Å². The van der Waals surface area contributed by atoms with E-state index in [0.717, 1.165) is 5.56 Å². The monoisotopic (exact) mass is 363 g/mol. The summed E-state index contributed by atoms with van der Waals surface area (Å²) in [5.41, 5.74) is 2.67. The van der Waals surface area contributed by atoms with E-state index in [-0.39, 0.29) is 11.3 Å². The highest BCUT2D eigenvalue weighted by molar-refractivity contribution is 6.32. The van der Waals surface area contributed by atoms with Crippen LogP contribution in [0.15, 0.2) is 69.9 Å². The summed E-state index contributed by atoms with van der Waals surface area (Å²) >= 11 is 6.12. The van der Waals surface area contributed by atoms with E-state index >= 15 is 0 Å². The molecule has 1 N–H and O–H groups in total. The van der Waals surface area contributed by atoms with Crippen molar-refractivity contribution in [1.82, 2.24) is 0 Å². The lowest BCUT2D eigenvalue weighted by Crippen LogP contribution is -2.12. The van der Waals surface area contributed by atoms with Gasteiger partial charge in [0.15, 0.2) is 0 Å². The predicted octanol–water partition coefficient (Wildman–Crippen LogP) is 5.16. The number of fused-ring (bicyclic) bond motifs is 2. The van der Waals surface area contributed by atoms with Crippen molar-refractivity contribution in [3.63, 3.8) is 0 Å². The number of hydrogen-bond acceptors (Lipinski definition) is 3. The lowest BCUT2D eigenvalue weighted by Gasteiger charge is -2.08. The average molecular weight is 364 g/mol. The van der Waals surface area contributed by atoms with Gasteiger partial charge >= 0.3 is 0 Å². The second kappa shape index (κ2) is 6.32. The number of carbonyl (C=O) groups excluding carboxylic acids is 1. The normalized spacial score (nSPS) is 11.0. The van der Waals surface area contributed by atoms with Gasteiger partial charge in [0.1, 0.15) is 11.2 Å². The minimum atomic E-state index is -0.226. The van der Waals surface area contributed by atoms with Gasteiger partial charge in [-0.15, -0.1) is 0 Å². The molecule has 0 aliphatic heterocycles. The van der Waals surface area contributed by atoms with Gasteiger partial charge in [-0.3, -0.25) is 9.59 Å². The van der Waals surface area contributed by atoms with Crippen molar-refractivity contribution < 1.29 is 9.21 Å². The third-order valence-electron chi connectivity index (χ3n) is 4.25. The zero-order valence-corrected chi connectivity index (χ0v) is 14.6. The van der Waals surface area contributed by atoms with Crippen LogP contribution in [0, 0.1) is 6.92 Å². The first kappa shape index (κ1) is 16.4. The molecule has 26 heavy (non-hydrogen) atoms. The van der Waals surface area contributed by atoms with Crippen molar-refractivity contribution in [3.8, 4) is 0 Å². The van der Waals surface area contributed by atoms with Crippen LogP contribution in [0.4, 0.5) is 5.69 Å². The predicted molar refractivity (Wildman–Crippen MR) is 104 cm³/mol. The number of hydrogen-bond donors (Lipinski definition) is 1. The van der Waals surface area contributed by atoms with Crippen molar-refractivity contribution in [2.75, 3.05) is 5.32 Å². The number of carbonyl (C=O) groups is 1. The molecular weight excluding hydrogens is 350 g/mol. The van der Waals surface area contributed by atoms with Crippen LogP contribution in [0.2, 0.25) is 5.02 Å². The first-order valence-corrected chi connectivity index (χ1v) is 8.44. The fourth-order valence-corrected chi connectivity index (χ4v) is 3.01. The molecule has 4 rings (SSSR count). The second-order valence-electron chi connectivity index (χ2n) is 6.06. The van der Waals surface area contributed by atoms with Gasteiger partial charge in [0.25, 0.3) is 5.91 Å². The molecule has 0 radical (unpaired) electrons. The highest BCUT2D eigenvalue weighted by Gasteiger charge is 2.12. The maximum atomic E-state index is 12.7. The van der Waals surface area contributed by atoms with Gasteiger partial charge in [-0.05, 0) is 48.9 Å². The molecule has 1 amide bonds. The van der Waals surface area contributed by atoms with Crippen molar-refractivity contribution in [2.24, 2.45) is 0 Å². The summed E-state index contributed by atoms with van der Waals surface area (Å²) in [4.78, 5) is 25.0. The zero-order valence-electron chi connectivity index (χ0n) is 13.9. The number of halogens is 1. The average Bonchev–Trinajstić information content (AvgIpc) is 2.64. The Morgan fingerprint density at radius 2 is 1.69 bits per heavy atom. The van der Waals surface area contributed by atoms with Crippen molar-refractivity contribution in [1.29, 1.82) is 0 Å². The van der Waals surface area contributed by atoms with Gasteiger partial charge in [0, 0.05) is 22.3 Å². The van der Waals surface area contributed by atoms with E-state index in [2.05, 4.69) is 5.32 Å². The summed E-state index contributed by atoms with van der Waals surface area (Å²) in [6, 6.07) is 17.3. The molecule has 1 heterocycles. The summed E-state index contributed by atoms with van der Waals surface area (Å²) < 4.78 is 5.88. The Balaban J connectivity index is 1.80. The highest BCUT2D eigenvalue weighted by atomic mass is 35.5. The molecule has 0 spiro atoms. The molecule has 3 aromatic carbocycles. The summed E-state index contributed by atoms with van der Waals surface area (Å²) in [5, 5.41) is 4.22. The van der Waals surface area contributed by atoms with E-state index in [4.69, 9.17) is 16.0 Å². The van der Waals surface area contributed by atoms with Crippen molar-refractivity contribution in [2.45, 2.75) is 6.92 Å². The number of amides is 1. The van der Waals surface area contributed by atoms with Crippen molar-refractivity contribution in [3.05, 3.63) is 87.0 Å². The molecular formula is C21H14ClNO3. The minimum absolute atomic E-state index is 0.149. The number of anilines is 1. The molecule has 0 saturated carbocycles. The third-order valence-corrected chi connectivity index (χ3v) is 4.65. The standard InChI is InChI=1S/C21H14ClNO3/c1-12-9-18-16(11-17(12)22)20(24)15-8-7-14(10-19(15)26-18)23-21(25)13-5-3-2-4-6-13/h2-11H,1H3,(H,23,25). The molecule has 0 aliphatic carbocycles. The second-order valence-corrected chi connectivity index (χ2v) is 6.47. The summed E-state index contributed by atoms with van der Waals surface area (Å²) in [6.45, 7) is 1.85. The van der Waals surface area contributed by atoms with Crippen LogP contribution < -0.4 is 10.7 Å². The lowest BCUT2D eigenvalue weighted by atomic mass is 10.1. The quantitative estimate of drug-likeness (QED) is 0.500. The molecule has 0 aliphatic rings. The first-order valence-electron chi connectivity index (χ1n) is 8.06. The van der Waals surface area contributed by atoms with Crippen LogP contribution >= 0.6 is 11.6 Å². The van der Waals surface area contributed by atoms with E-state index in [1.165, 1.54) is 0 Å². The molecule has 5 heteroatoms. The van der Waals surface area contributed by atoms with Crippen LogP contribution in [0.25, 0.3) is 21.9 Å². The van der Waals surface area contributed by atoms with Crippen LogP contribution in [0.3, 0.4) is 0 Å². The van der Waals surface area contributed by atoms with E-state index < -0.39 is 0 Å². The first-order chi connectivity index (χ1) is 12.5. The van der Waals surface area contributed by atoms with E-state index in [0.29, 0.717) is 38.2 Å². The smallest absolute Gasteiger partial charge is 0.255 e. The van der Waals surface area contributed by atoms with E-state index in [1.807, 2.05) is 13.0 Å². The Kier molecular flexibility index (Phi) is 3.98. The topological polar surface area (TPSA) is 59.3 Å². The van der Waals surface area contributed by atoms with E-state index in [9.17, 15) is 9.59 Å². The Hall–Kier alpha value is -3.11. The minimum Gasteiger partial charge on any atom is -0.456 e. The fraction of sp³-hybridized carbons (Fsp3) is 0.0476. The zero-order chi connectivity index (χ0) is 18.3. The van der Waals surface area contributed by atoms with Gasteiger partial charge in [0.2, 0.25) is 5.43 Å². The molecule has 128 valence electrons. The van der Waals surface area contributed by atoms with Gasteiger partial charge in [-0.2, -0.15) is 0 Å². The SMILES string of the molecule is Cc1cc2oc3cc(NC(=O)c4ccccc4)ccc3c(=O)c2cc1Cl. The molecule has 0 atom stereocenters. The molecule has 0 unspecified atom stereocenters. The van der Waals surface area contributed by atoms with Gasteiger partial charge in [-0.25, -0.2) is 0 Å². The number of aryl methyl sites for hydroxylation is 1. The maximum absolute atomic E-state index is 12.7. The number of nitrogens with one attached hydrogen (secondary N) is 1. The number of rotatable bonds is 2. The molecule has 1 aromatic heterocycles. The third kappa shape index (κ3) is 2.85. The summed E-state index contributed by atoms with van der Waals surface area (Å²) in [5.74, 6) is -0.226. The summed E-state index contributed by atoms with van der Waals surface area (Å²) in [6.07, 6.45) is 0.